The fourth-order valence-electron chi connectivity index (χ4n) is 1.85. The molecule has 5 heteroatoms. The third-order valence-electron chi connectivity index (χ3n) is 3.00. The highest BCUT2D eigenvalue weighted by Crippen LogP contribution is 2.25. The zero-order valence-electron chi connectivity index (χ0n) is 10.6. The molecule has 0 atom stereocenters. The SMILES string of the molecule is Cc1cc(F)c(Br)cc1NCc1c(C)n[nH]c1C. The van der Waals surface area contributed by atoms with Crippen molar-refractivity contribution in [1.29, 1.82) is 0 Å². The summed E-state index contributed by atoms with van der Waals surface area (Å²) in [6.07, 6.45) is 0. The summed E-state index contributed by atoms with van der Waals surface area (Å²) >= 11 is 3.19. The number of rotatable bonds is 3. The summed E-state index contributed by atoms with van der Waals surface area (Å²) < 4.78 is 13.8. The van der Waals surface area contributed by atoms with Gasteiger partial charge in [0.15, 0.2) is 0 Å². The number of halogens is 2. The van der Waals surface area contributed by atoms with Crippen LogP contribution in [0.1, 0.15) is 22.5 Å². The van der Waals surface area contributed by atoms with Gasteiger partial charge in [-0.25, -0.2) is 4.39 Å². The molecule has 2 N–H and O–H groups in total. The largest absolute Gasteiger partial charge is 0.381 e. The van der Waals surface area contributed by atoms with Crippen LogP contribution >= 0.6 is 15.9 Å². The number of nitrogens with one attached hydrogen (secondary N) is 2. The second-order valence-electron chi connectivity index (χ2n) is 4.35. The Labute approximate surface area is 114 Å². The fraction of sp³-hybridized carbons (Fsp3) is 0.308. The number of hydrogen-bond acceptors (Lipinski definition) is 2. The molecule has 0 bridgehead atoms. The maximum Gasteiger partial charge on any atom is 0.137 e. The summed E-state index contributed by atoms with van der Waals surface area (Å²) in [7, 11) is 0. The van der Waals surface area contributed by atoms with Gasteiger partial charge in [0.2, 0.25) is 0 Å². The number of aromatic nitrogens is 2. The van der Waals surface area contributed by atoms with Crippen LogP contribution in [0.2, 0.25) is 0 Å². The first kappa shape index (κ1) is 13.1. The first-order chi connectivity index (χ1) is 8.49. The third kappa shape index (κ3) is 2.56. The smallest absolute Gasteiger partial charge is 0.137 e. The molecule has 0 unspecified atom stereocenters. The molecule has 1 aromatic carbocycles. The van der Waals surface area contributed by atoms with Crippen LogP contribution in [0.15, 0.2) is 16.6 Å². The van der Waals surface area contributed by atoms with Crippen LogP contribution in [0.5, 0.6) is 0 Å². The van der Waals surface area contributed by atoms with E-state index in [-0.39, 0.29) is 5.82 Å². The van der Waals surface area contributed by atoms with Gasteiger partial charge in [0.1, 0.15) is 5.82 Å². The Hall–Kier alpha value is -1.36. The minimum Gasteiger partial charge on any atom is -0.381 e. The molecule has 0 saturated heterocycles. The van der Waals surface area contributed by atoms with Gasteiger partial charge >= 0.3 is 0 Å². The van der Waals surface area contributed by atoms with E-state index in [2.05, 4.69) is 31.4 Å². The van der Waals surface area contributed by atoms with E-state index in [1.165, 1.54) is 6.07 Å². The lowest BCUT2D eigenvalue weighted by Crippen LogP contribution is -2.03. The Morgan fingerprint density at radius 3 is 2.67 bits per heavy atom. The Morgan fingerprint density at radius 1 is 1.33 bits per heavy atom. The van der Waals surface area contributed by atoms with Gasteiger partial charge in [0.25, 0.3) is 0 Å². The molecule has 0 radical (unpaired) electrons. The maximum atomic E-state index is 13.3. The zero-order chi connectivity index (χ0) is 13.3. The average Bonchev–Trinajstić information content (AvgIpc) is 2.62. The lowest BCUT2D eigenvalue weighted by atomic mass is 10.1. The second kappa shape index (κ2) is 5.10. The minimum absolute atomic E-state index is 0.242. The van der Waals surface area contributed by atoms with E-state index >= 15 is 0 Å². The van der Waals surface area contributed by atoms with E-state index < -0.39 is 0 Å². The fourth-order valence-corrected chi connectivity index (χ4v) is 2.20. The zero-order valence-corrected chi connectivity index (χ0v) is 12.2. The third-order valence-corrected chi connectivity index (χ3v) is 3.61. The van der Waals surface area contributed by atoms with Crippen LogP contribution < -0.4 is 5.32 Å². The molecule has 0 aliphatic heterocycles. The highest BCUT2D eigenvalue weighted by Gasteiger charge is 2.08. The Morgan fingerprint density at radius 2 is 2.06 bits per heavy atom. The number of H-pyrrole nitrogens is 1. The summed E-state index contributed by atoms with van der Waals surface area (Å²) in [6.45, 7) is 6.51. The van der Waals surface area contributed by atoms with Gasteiger partial charge in [-0.05, 0) is 54.4 Å². The van der Waals surface area contributed by atoms with Crippen LogP contribution in [-0.2, 0) is 6.54 Å². The van der Waals surface area contributed by atoms with Gasteiger partial charge < -0.3 is 5.32 Å². The lowest BCUT2D eigenvalue weighted by molar-refractivity contribution is 0.620. The predicted octanol–water partition coefficient (Wildman–Crippen LogP) is 3.85. The van der Waals surface area contributed by atoms with Crippen molar-refractivity contribution in [2.75, 3.05) is 5.32 Å². The Kier molecular flexibility index (Phi) is 3.71. The van der Waals surface area contributed by atoms with E-state index in [0.29, 0.717) is 11.0 Å². The summed E-state index contributed by atoms with van der Waals surface area (Å²) in [6, 6.07) is 3.27. The van der Waals surface area contributed by atoms with Gasteiger partial charge in [-0.15, -0.1) is 0 Å². The number of aryl methyl sites for hydroxylation is 3. The van der Waals surface area contributed by atoms with Gasteiger partial charge in [0, 0.05) is 23.5 Å². The molecule has 96 valence electrons. The quantitative estimate of drug-likeness (QED) is 0.904. The monoisotopic (exact) mass is 311 g/mol. The molecule has 1 aromatic heterocycles. The molecule has 0 fully saturated rings. The molecule has 0 saturated carbocycles. The van der Waals surface area contributed by atoms with Crippen molar-refractivity contribution in [3.8, 4) is 0 Å². The summed E-state index contributed by atoms with van der Waals surface area (Å²) in [5.41, 5.74) is 4.99. The van der Waals surface area contributed by atoms with Crippen molar-refractivity contribution in [2.24, 2.45) is 0 Å². The summed E-state index contributed by atoms with van der Waals surface area (Å²) in [5.74, 6) is -0.242. The van der Waals surface area contributed by atoms with E-state index in [1.807, 2.05) is 20.8 Å². The number of aromatic amines is 1. The maximum absolute atomic E-state index is 13.3. The molecule has 0 aliphatic rings. The number of anilines is 1. The van der Waals surface area contributed by atoms with Gasteiger partial charge in [-0.1, -0.05) is 0 Å². The molecule has 0 spiro atoms. The van der Waals surface area contributed by atoms with E-state index in [1.54, 1.807) is 6.07 Å². The minimum atomic E-state index is -0.242. The van der Waals surface area contributed by atoms with Crippen molar-refractivity contribution in [1.82, 2.24) is 10.2 Å². The van der Waals surface area contributed by atoms with E-state index in [4.69, 9.17) is 0 Å². The van der Waals surface area contributed by atoms with Crippen molar-refractivity contribution in [3.63, 3.8) is 0 Å². The molecule has 1 heterocycles. The van der Waals surface area contributed by atoms with Gasteiger partial charge in [-0.3, -0.25) is 5.10 Å². The molecule has 0 aliphatic carbocycles. The van der Waals surface area contributed by atoms with Crippen LogP contribution in [0.4, 0.5) is 10.1 Å². The first-order valence-corrected chi connectivity index (χ1v) is 6.48. The van der Waals surface area contributed by atoms with Crippen molar-refractivity contribution in [2.45, 2.75) is 27.3 Å². The molecular weight excluding hydrogens is 297 g/mol. The number of hydrogen-bond donors (Lipinski definition) is 2. The summed E-state index contributed by atoms with van der Waals surface area (Å²) in [5, 5.41) is 10.4. The van der Waals surface area contributed by atoms with E-state index in [9.17, 15) is 4.39 Å². The number of benzene rings is 1. The highest BCUT2D eigenvalue weighted by molar-refractivity contribution is 9.10. The lowest BCUT2D eigenvalue weighted by Gasteiger charge is -2.11. The van der Waals surface area contributed by atoms with Crippen LogP contribution in [0, 0.1) is 26.6 Å². The van der Waals surface area contributed by atoms with Crippen molar-refractivity contribution < 1.29 is 4.39 Å². The molecule has 18 heavy (non-hydrogen) atoms. The molecular formula is C13H15BrFN3. The van der Waals surface area contributed by atoms with Crippen LogP contribution in [0.3, 0.4) is 0 Å². The average molecular weight is 312 g/mol. The van der Waals surface area contributed by atoms with Gasteiger partial charge in [-0.2, -0.15) is 5.10 Å². The Balaban J connectivity index is 2.18. The Bertz CT molecular complexity index is 558. The van der Waals surface area contributed by atoms with Crippen LogP contribution in [0.25, 0.3) is 0 Å². The summed E-state index contributed by atoms with van der Waals surface area (Å²) in [4.78, 5) is 0. The molecule has 0 amide bonds. The van der Waals surface area contributed by atoms with Crippen molar-refractivity contribution >= 4 is 21.6 Å². The van der Waals surface area contributed by atoms with Crippen LogP contribution in [-0.4, -0.2) is 10.2 Å². The normalized spacial score (nSPS) is 10.7. The second-order valence-corrected chi connectivity index (χ2v) is 5.20. The number of nitrogens with zero attached hydrogens (tertiary/aromatic N) is 1. The predicted molar refractivity (Wildman–Crippen MR) is 74.2 cm³/mol. The standard InChI is InChI=1S/C13H15BrFN3/c1-7-4-12(15)11(14)5-13(7)16-6-10-8(2)17-18-9(10)3/h4-5,16H,6H2,1-3H3,(H,17,18). The van der Waals surface area contributed by atoms with Crippen molar-refractivity contribution in [3.05, 3.63) is 44.9 Å². The van der Waals surface area contributed by atoms with E-state index in [0.717, 1.165) is 28.2 Å². The topological polar surface area (TPSA) is 40.7 Å². The molecule has 2 rings (SSSR count). The first-order valence-electron chi connectivity index (χ1n) is 5.69. The molecule has 2 aromatic rings. The van der Waals surface area contributed by atoms with Gasteiger partial charge in [0.05, 0.1) is 10.2 Å². The highest BCUT2D eigenvalue weighted by atomic mass is 79.9. The molecule has 3 nitrogen and oxygen atoms in total.